The van der Waals surface area contributed by atoms with E-state index in [2.05, 4.69) is 5.32 Å². The molecule has 2 fully saturated rings. The van der Waals surface area contributed by atoms with Gasteiger partial charge in [0, 0.05) is 12.2 Å². The average Bonchev–Trinajstić information content (AvgIpc) is 2.79. The van der Waals surface area contributed by atoms with Crippen LogP contribution in [-0.2, 0) is 19.1 Å². The fourth-order valence-corrected chi connectivity index (χ4v) is 3.50. The van der Waals surface area contributed by atoms with Crippen molar-refractivity contribution >= 4 is 29.5 Å². The Bertz CT molecular complexity index is 388. The third-order valence-corrected chi connectivity index (χ3v) is 4.43. The maximum Gasteiger partial charge on any atom is 0.329 e. The normalized spacial score (nSPS) is 27.6. The molecule has 106 valence electrons. The number of carbonyl (C=O) groups is 3. The van der Waals surface area contributed by atoms with Crippen LogP contribution in [0.2, 0.25) is 0 Å². The Labute approximate surface area is 116 Å². The van der Waals surface area contributed by atoms with E-state index in [-0.39, 0.29) is 11.8 Å². The van der Waals surface area contributed by atoms with Gasteiger partial charge in [0.1, 0.15) is 12.1 Å². The number of methoxy groups -OCH3 is 1. The van der Waals surface area contributed by atoms with E-state index in [4.69, 9.17) is 4.74 Å². The van der Waals surface area contributed by atoms with Gasteiger partial charge in [-0.1, -0.05) is 6.42 Å². The number of nitrogens with one attached hydrogen (secondary N) is 1. The van der Waals surface area contributed by atoms with Gasteiger partial charge in [0.15, 0.2) is 0 Å². The van der Waals surface area contributed by atoms with Gasteiger partial charge in [-0.2, -0.15) is 0 Å². The topological polar surface area (TPSA) is 75.7 Å². The number of nitrogens with zero attached hydrogens (tertiary/aromatic N) is 1. The smallest absolute Gasteiger partial charge is 0.329 e. The van der Waals surface area contributed by atoms with Crippen LogP contribution in [0.3, 0.4) is 0 Å². The van der Waals surface area contributed by atoms with Crippen molar-refractivity contribution in [2.75, 3.05) is 18.7 Å². The van der Waals surface area contributed by atoms with E-state index in [9.17, 15) is 14.4 Å². The Morgan fingerprint density at radius 3 is 2.95 bits per heavy atom. The molecule has 2 saturated heterocycles. The summed E-state index contributed by atoms with van der Waals surface area (Å²) in [5.74, 6) is 0.385. The third kappa shape index (κ3) is 3.20. The van der Waals surface area contributed by atoms with Gasteiger partial charge in [0.2, 0.25) is 11.8 Å². The molecular weight excluding hydrogens is 268 g/mol. The van der Waals surface area contributed by atoms with Gasteiger partial charge in [-0.3, -0.25) is 9.59 Å². The number of carbonyl (C=O) groups excluding carboxylic acids is 3. The Morgan fingerprint density at radius 1 is 1.42 bits per heavy atom. The Hall–Kier alpha value is -1.24. The predicted molar refractivity (Wildman–Crippen MR) is 70.4 cm³/mol. The summed E-state index contributed by atoms with van der Waals surface area (Å²) in [5.41, 5.74) is 0. The Morgan fingerprint density at radius 2 is 2.21 bits per heavy atom. The molecule has 1 N–H and O–H groups in total. The quantitative estimate of drug-likeness (QED) is 0.730. The molecular formula is C12H18N2O4S. The fourth-order valence-electron chi connectivity index (χ4n) is 2.35. The standard InChI is InChI=1S/C12H18N2O4S/c1-18-12(17)9-6-19-7-14(9)11(16)8-4-2-3-5-10(15)13-8/h8-9H,2-7H2,1H3,(H,13,15)/t8-,9+/m0/s1. The van der Waals surface area contributed by atoms with Crippen molar-refractivity contribution in [1.82, 2.24) is 10.2 Å². The molecule has 0 spiro atoms. The predicted octanol–water partition coefficient (Wildman–Crippen LogP) is 0.120. The highest BCUT2D eigenvalue weighted by Crippen LogP contribution is 2.24. The number of esters is 1. The molecule has 0 aromatic carbocycles. The van der Waals surface area contributed by atoms with Crippen LogP contribution in [0.15, 0.2) is 0 Å². The molecule has 2 atom stereocenters. The molecule has 6 nitrogen and oxygen atoms in total. The van der Waals surface area contributed by atoms with Crippen LogP contribution < -0.4 is 5.32 Å². The van der Waals surface area contributed by atoms with Crippen LogP contribution in [-0.4, -0.2) is 53.5 Å². The monoisotopic (exact) mass is 286 g/mol. The van der Waals surface area contributed by atoms with Gasteiger partial charge in [0.25, 0.3) is 0 Å². The number of amides is 2. The summed E-state index contributed by atoms with van der Waals surface area (Å²) >= 11 is 1.52. The number of hydrogen-bond donors (Lipinski definition) is 1. The van der Waals surface area contributed by atoms with Crippen LogP contribution >= 0.6 is 11.8 Å². The van der Waals surface area contributed by atoms with E-state index in [1.165, 1.54) is 23.8 Å². The highest BCUT2D eigenvalue weighted by atomic mass is 32.2. The zero-order chi connectivity index (χ0) is 13.8. The first-order valence-electron chi connectivity index (χ1n) is 6.39. The zero-order valence-corrected chi connectivity index (χ0v) is 11.7. The van der Waals surface area contributed by atoms with E-state index in [0.29, 0.717) is 24.5 Å². The van der Waals surface area contributed by atoms with Gasteiger partial charge >= 0.3 is 5.97 Å². The first-order valence-corrected chi connectivity index (χ1v) is 7.54. The minimum absolute atomic E-state index is 0.0858. The minimum atomic E-state index is -0.525. The molecule has 2 rings (SSSR count). The molecule has 0 bridgehead atoms. The van der Waals surface area contributed by atoms with Gasteiger partial charge in [-0.05, 0) is 12.8 Å². The second-order valence-corrected chi connectivity index (χ2v) is 5.71. The molecule has 0 saturated carbocycles. The summed E-state index contributed by atoms with van der Waals surface area (Å²) in [5, 5.41) is 2.74. The van der Waals surface area contributed by atoms with Gasteiger partial charge in [0.05, 0.1) is 13.0 Å². The molecule has 19 heavy (non-hydrogen) atoms. The summed E-state index contributed by atoms with van der Waals surface area (Å²) < 4.78 is 4.71. The zero-order valence-electron chi connectivity index (χ0n) is 10.9. The lowest BCUT2D eigenvalue weighted by Crippen LogP contribution is -2.51. The maximum atomic E-state index is 12.4. The summed E-state index contributed by atoms with van der Waals surface area (Å²) in [6.07, 6.45) is 2.77. The lowest BCUT2D eigenvalue weighted by atomic mass is 10.1. The second kappa shape index (κ2) is 6.27. The Balaban J connectivity index is 2.05. The van der Waals surface area contributed by atoms with E-state index >= 15 is 0 Å². The molecule has 0 aromatic heterocycles. The van der Waals surface area contributed by atoms with E-state index < -0.39 is 18.1 Å². The highest BCUT2D eigenvalue weighted by Gasteiger charge is 2.38. The van der Waals surface area contributed by atoms with Crippen molar-refractivity contribution in [2.45, 2.75) is 37.8 Å². The Kier molecular flexibility index (Phi) is 4.68. The van der Waals surface area contributed by atoms with Gasteiger partial charge in [-0.25, -0.2) is 4.79 Å². The van der Waals surface area contributed by atoms with Crippen molar-refractivity contribution in [1.29, 1.82) is 0 Å². The molecule has 0 radical (unpaired) electrons. The van der Waals surface area contributed by atoms with E-state index in [0.717, 1.165) is 12.8 Å². The molecule has 0 aliphatic carbocycles. The first kappa shape index (κ1) is 14.2. The molecule has 7 heteroatoms. The number of rotatable bonds is 2. The first-order chi connectivity index (χ1) is 9.13. The van der Waals surface area contributed by atoms with Crippen LogP contribution in [0.25, 0.3) is 0 Å². The largest absolute Gasteiger partial charge is 0.467 e. The van der Waals surface area contributed by atoms with Crippen molar-refractivity contribution in [3.63, 3.8) is 0 Å². The van der Waals surface area contributed by atoms with Crippen LogP contribution in [0, 0.1) is 0 Å². The SMILES string of the molecule is COC(=O)[C@H]1CSCN1C(=O)[C@@H]1CCCCC(=O)N1. The second-order valence-electron chi connectivity index (χ2n) is 4.71. The van der Waals surface area contributed by atoms with Crippen LogP contribution in [0.1, 0.15) is 25.7 Å². The number of thioether (sulfide) groups is 1. The summed E-state index contributed by atoms with van der Waals surface area (Å²) in [4.78, 5) is 37.1. The van der Waals surface area contributed by atoms with Crippen molar-refractivity contribution in [2.24, 2.45) is 0 Å². The third-order valence-electron chi connectivity index (χ3n) is 3.42. The van der Waals surface area contributed by atoms with E-state index in [1.807, 2.05) is 0 Å². The summed E-state index contributed by atoms with van der Waals surface area (Å²) in [6.45, 7) is 0. The van der Waals surface area contributed by atoms with Crippen LogP contribution in [0.4, 0.5) is 0 Å². The van der Waals surface area contributed by atoms with Gasteiger partial charge < -0.3 is 15.0 Å². The molecule has 2 aliphatic rings. The highest BCUT2D eigenvalue weighted by molar-refractivity contribution is 7.99. The van der Waals surface area contributed by atoms with Crippen molar-refractivity contribution < 1.29 is 19.1 Å². The number of hydrogen-bond acceptors (Lipinski definition) is 5. The lowest BCUT2D eigenvalue weighted by Gasteiger charge is -2.26. The van der Waals surface area contributed by atoms with Crippen molar-refractivity contribution in [3.05, 3.63) is 0 Å². The van der Waals surface area contributed by atoms with Crippen molar-refractivity contribution in [3.8, 4) is 0 Å². The average molecular weight is 286 g/mol. The molecule has 0 unspecified atom stereocenters. The lowest BCUT2D eigenvalue weighted by molar-refractivity contribution is -0.151. The minimum Gasteiger partial charge on any atom is -0.467 e. The van der Waals surface area contributed by atoms with Gasteiger partial charge in [-0.15, -0.1) is 11.8 Å². The molecule has 2 amide bonds. The maximum absolute atomic E-state index is 12.4. The molecule has 2 aliphatic heterocycles. The number of ether oxygens (including phenoxy) is 1. The van der Waals surface area contributed by atoms with Crippen LogP contribution in [0.5, 0.6) is 0 Å². The molecule has 2 heterocycles. The van der Waals surface area contributed by atoms with E-state index in [1.54, 1.807) is 0 Å². The fraction of sp³-hybridized carbons (Fsp3) is 0.750. The summed E-state index contributed by atoms with van der Waals surface area (Å²) in [7, 11) is 1.32. The summed E-state index contributed by atoms with van der Waals surface area (Å²) in [6, 6.07) is -1.02. The molecule has 0 aromatic rings.